The zero-order valence-electron chi connectivity index (χ0n) is 17.0. The third kappa shape index (κ3) is 5.35. The first-order valence-electron chi connectivity index (χ1n) is 9.65. The average Bonchev–Trinajstić information content (AvgIpc) is 2.78. The summed E-state index contributed by atoms with van der Waals surface area (Å²) in [6, 6.07) is 11.9. The molecule has 1 amide bonds. The molecular formula is C23H20F3NO5. The minimum atomic E-state index is -4.54. The first kappa shape index (κ1) is 23.1. The molecule has 0 aromatic heterocycles. The van der Waals surface area contributed by atoms with E-state index in [1.165, 1.54) is 18.3 Å². The maximum absolute atomic E-state index is 13.0. The fourth-order valence-corrected chi connectivity index (χ4v) is 3.43. The van der Waals surface area contributed by atoms with E-state index >= 15 is 0 Å². The van der Waals surface area contributed by atoms with Crippen LogP contribution in [0.2, 0.25) is 0 Å². The van der Waals surface area contributed by atoms with Crippen LogP contribution in [0.1, 0.15) is 29.2 Å². The molecule has 0 radical (unpaired) electrons. The van der Waals surface area contributed by atoms with Gasteiger partial charge in [0, 0.05) is 6.20 Å². The predicted octanol–water partition coefficient (Wildman–Crippen LogP) is 4.66. The van der Waals surface area contributed by atoms with Crippen molar-refractivity contribution in [3.05, 3.63) is 83.6 Å². The number of halogens is 3. The summed E-state index contributed by atoms with van der Waals surface area (Å²) in [5.74, 6) is -2.19. The minimum Gasteiger partial charge on any atom is -0.469 e. The molecule has 0 saturated carbocycles. The SMILES string of the molecule is COC(=O)CC1C(=O)C=CN(C(=O)OCc2ccccc2)C1c1ccc(C(F)(F)F)cc1. The van der Waals surface area contributed by atoms with Crippen molar-refractivity contribution in [2.45, 2.75) is 25.2 Å². The lowest BCUT2D eigenvalue weighted by atomic mass is 9.83. The van der Waals surface area contributed by atoms with E-state index in [9.17, 15) is 27.6 Å². The van der Waals surface area contributed by atoms with Crippen molar-refractivity contribution in [2.24, 2.45) is 5.92 Å². The summed E-state index contributed by atoms with van der Waals surface area (Å²) >= 11 is 0. The van der Waals surface area contributed by atoms with E-state index < -0.39 is 41.5 Å². The Morgan fingerprint density at radius 1 is 1.03 bits per heavy atom. The van der Waals surface area contributed by atoms with Gasteiger partial charge in [0.05, 0.1) is 31.1 Å². The third-order valence-corrected chi connectivity index (χ3v) is 5.06. The maximum Gasteiger partial charge on any atom is 0.416 e. The largest absolute Gasteiger partial charge is 0.469 e. The van der Waals surface area contributed by atoms with Crippen molar-refractivity contribution in [3.8, 4) is 0 Å². The Kier molecular flexibility index (Phi) is 6.97. The number of ketones is 1. The summed E-state index contributed by atoms with van der Waals surface area (Å²) in [5.41, 5.74) is 0.109. The first-order valence-corrected chi connectivity index (χ1v) is 9.65. The molecule has 1 aliphatic heterocycles. The number of carbonyl (C=O) groups is 3. The highest BCUT2D eigenvalue weighted by atomic mass is 19.4. The van der Waals surface area contributed by atoms with Crippen LogP contribution in [0, 0.1) is 5.92 Å². The highest BCUT2D eigenvalue weighted by Gasteiger charge is 2.40. The standard InChI is InChI=1S/C23H20F3NO5/c1-31-20(29)13-18-19(28)11-12-27(22(30)32-14-15-5-3-2-4-6-15)21(18)16-7-9-17(10-8-16)23(24,25)26/h2-12,18,21H,13-14H2,1H3. The van der Waals surface area contributed by atoms with Crippen molar-refractivity contribution < 1.29 is 37.0 Å². The number of nitrogens with zero attached hydrogens (tertiary/aromatic N) is 1. The van der Waals surface area contributed by atoms with Gasteiger partial charge in [-0.2, -0.15) is 13.2 Å². The van der Waals surface area contributed by atoms with Crippen LogP contribution in [0.5, 0.6) is 0 Å². The number of carbonyl (C=O) groups excluding carboxylic acids is 3. The molecule has 0 spiro atoms. The summed E-state index contributed by atoms with van der Waals surface area (Å²) in [7, 11) is 1.16. The maximum atomic E-state index is 13.0. The van der Waals surface area contributed by atoms with Crippen molar-refractivity contribution in [3.63, 3.8) is 0 Å². The Bertz CT molecular complexity index is 1000. The predicted molar refractivity (Wildman–Crippen MR) is 107 cm³/mol. The van der Waals surface area contributed by atoms with Crippen molar-refractivity contribution in [1.29, 1.82) is 0 Å². The van der Waals surface area contributed by atoms with E-state index in [0.29, 0.717) is 0 Å². The van der Waals surface area contributed by atoms with Crippen LogP contribution in [-0.2, 0) is 31.8 Å². The fourth-order valence-electron chi connectivity index (χ4n) is 3.43. The molecule has 0 aliphatic carbocycles. The normalized spacial score (nSPS) is 18.4. The molecule has 32 heavy (non-hydrogen) atoms. The molecule has 0 saturated heterocycles. The number of ether oxygens (including phenoxy) is 2. The second-order valence-electron chi connectivity index (χ2n) is 7.12. The lowest BCUT2D eigenvalue weighted by molar-refractivity contribution is -0.144. The van der Waals surface area contributed by atoms with Crippen LogP contribution in [0.25, 0.3) is 0 Å². The van der Waals surface area contributed by atoms with Crippen LogP contribution in [0.4, 0.5) is 18.0 Å². The molecule has 2 aromatic carbocycles. The molecule has 2 atom stereocenters. The molecule has 9 heteroatoms. The number of hydrogen-bond donors (Lipinski definition) is 0. The molecule has 2 unspecified atom stereocenters. The second kappa shape index (κ2) is 9.67. The number of hydrogen-bond acceptors (Lipinski definition) is 5. The lowest BCUT2D eigenvalue weighted by Gasteiger charge is -2.36. The van der Waals surface area contributed by atoms with Crippen molar-refractivity contribution >= 4 is 17.8 Å². The monoisotopic (exact) mass is 447 g/mol. The number of alkyl halides is 3. The number of esters is 1. The molecular weight excluding hydrogens is 427 g/mol. The highest BCUT2D eigenvalue weighted by molar-refractivity contribution is 5.96. The molecule has 1 heterocycles. The number of rotatable bonds is 5. The van der Waals surface area contributed by atoms with Gasteiger partial charge in [0.1, 0.15) is 6.61 Å². The van der Waals surface area contributed by atoms with Gasteiger partial charge >= 0.3 is 18.2 Å². The van der Waals surface area contributed by atoms with Crippen LogP contribution < -0.4 is 0 Å². The molecule has 2 aromatic rings. The average molecular weight is 447 g/mol. The Balaban J connectivity index is 1.92. The van der Waals surface area contributed by atoms with Gasteiger partial charge in [-0.25, -0.2) is 4.79 Å². The number of allylic oxidation sites excluding steroid dienone is 1. The number of amides is 1. The molecule has 0 fully saturated rings. The lowest BCUT2D eigenvalue weighted by Crippen LogP contribution is -2.41. The molecule has 1 aliphatic rings. The molecule has 168 valence electrons. The molecule has 6 nitrogen and oxygen atoms in total. The zero-order valence-corrected chi connectivity index (χ0v) is 17.0. The topological polar surface area (TPSA) is 72.9 Å². The number of methoxy groups -OCH3 is 1. The van der Waals surface area contributed by atoms with E-state index in [0.717, 1.165) is 35.8 Å². The molecule has 0 bridgehead atoms. The van der Waals surface area contributed by atoms with Gasteiger partial charge in [-0.1, -0.05) is 42.5 Å². The van der Waals surface area contributed by atoms with Gasteiger partial charge in [-0.15, -0.1) is 0 Å². The third-order valence-electron chi connectivity index (χ3n) is 5.06. The summed E-state index contributed by atoms with van der Waals surface area (Å²) in [5, 5.41) is 0. The Labute approximate surface area is 182 Å². The van der Waals surface area contributed by atoms with Gasteiger partial charge in [-0.3, -0.25) is 14.5 Å². The summed E-state index contributed by atoms with van der Waals surface area (Å²) in [6.45, 7) is -0.0423. The zero-order chi connectivity index (χ0) is 23.3. The van der Waals surface area contributed by atoms with Crippen LogP contribution in [0.15, 0.2) is 66.9 Å². The van der Waals surface area contributed by atoms with Crippen LogP contribution >= 0.6 is 0 Å². The second-order valence-corrected chi connectivity index (χ2v) is 7.12. The van der Waals surface area contributed by atoms with Crippen molar-refractivity contribution in [2.75, 3.05) is 7.11 Å². The van der Waals surface area contributed by atoms with E-state index in [4.69, 9.17) is 4.74 Å². The van der Waals surface area contributed by atoms with E-state index in [2.05, 4.69) is 4.74 Å². The minimum absolute atomic E-state index is 0.0423. The first-order chi connectivity index (χ1) is 15.2. The van der Waals surface area contributed by atoms with Gasteiger partial charge < -0.3 is 9.47 Å². The quantitative estimate of drug-likeness (QED) is 0.624. The van der Waals surface area contributed by atoms with Gasteiger partial charge in [0.2, 0.25) is 0 Å². The van der Waals surface area contributed by atoms with Gasteiger partial charge in [0.25, 0.3) is 0 Å². The Morgan fingerprint density at radius 3 is 2.28 bits per heavy atom. The van der Waals surface area contributed by atoms with Gasteiger partial charge in [0.15, 0.2) is 5.78 Å². The highest BCUT2D eigenvalue weighted by Crippen LogP contribution is 2.38. The fraction of sp³-hybridized carbons (Fsp3) is 0.261. The van der Waals surface area contributed by atoms with E-state index in [1.54, 1.807) is 24.3 Å². The van der Waals surface area contributed by atoms with Crippen molar-refractivity contribution in [1.82, 2.24) is 4.90 Å². The van der Waals surface area contributed by atoms with Crippen LogP contribution in [-0.4, -0.2) is 29.9 Å². The van der Waals surface area contributed by atoms with Crippen LogP contribution in [0.3, 0.4) is 0 Å². The molecule has 3 rings (SSSR count). The summed E-state index contributed by atoms with van der Waals surface area (Å²) < 4.78 is 48.9. The number of benzene rings is 2. The van der Waals surface area contributed by atoms with Gasteiger partial charge in [-0.05, 0) is 29.3 Å². The van der Waals surface area contributed by atoms with E-state index in [-0.39, 0.29) is 18.6 Å². The summed E-state index contributed by atoms with van der Waals surface area (Å²) in [4.78, 5) is 38.4. The Hall–Kier alpha value is -3.62. The Morgan fingerprint density at radius 2 is 1.69 bits per heavy atom. The molecule has 0 N–H and O–H groups in total. The van der Waals surface area contributed by atoms with E-state index in [1.807, 2.05) is 6.07 Å². The smallest absolute Gasteiger partial charge is 0.416 e. The summed E-state index contributed by atoms with van der Waals surface area (Å²) in [6.07, 6.45) is -3.35.